The summed E-state index contributed by atoms with van der Waals surface area (Å²) in [6, 6.07) is 23.3. The molecule has 0 aromatic heterocycles. The van der Waals surface area contributed by atoms with Crippen LogP contribution in [-0.4, -0.2) is 68.1 Å². The number of aryl methyl sites for hydroxylation is 1. The molecule has 0 bridgehead atoms. The average molecular weight is 628 g/mol. The second kappa shape index (κ2) is 16.1. The number of anilines is 1. The Morgan fingerprint density at radius 1 is 1.04 bits per heavy atom. The standard InChI is InChI=1S/C36H41N3O7/c1-43-19-4-8-33(27-10-9-26-13-16-35(40)38-31(26)22-27)46-34-24-39(36(41)42)18-17-30(34)25-11-14-29(15-12-25)44-20-5-21-45-32-7-3-2-6-28(32)23-37/h2-3,6-7,9-12,14-15,22,30,33-34H,4-5,8,13,16-21,24H2,1H3,(H,38,40)(H,41,42). The summed E-state index contributed by atoms with van der Waals surface area (Å²) in [5, 5.41) is 22.0. The van der Waals surface area contributed by atoms with Crippen molar-refractivity contribution in [3.05, 3.63) is 89.0 Å². The van der Waals surface area contributed by atoms with Gasteiger partial charge in [-0.3, -0.25) is 4.79 Å². The molecule has 0 aliphatic carbocycles. The monoisotopic (exact) mass is 627 g/mol. The molecule has 1 saturated heterocycles. The number of methoxy groups -OCH3 is 1. The van der Waals surface area contributed by atoms with Crippen LogP contribution < -0.4 is 14.8 Å². The summed E-state index contributed by atoms with van der Waals surface area (Å²) in [6.07, 6.45) is 2.30. The number of benzene rings is 3. The second-order valence-corrected chi connectivity index (χ2v) is 11.6. The molecular weight excluding hydrogens is 586 g/mol. The maximum Gasteiger partial charge on any atom is 0.407 e. The fourth-order valence-corrected chi connectivity index (χ4v) is 6.06. The van der Waals surface area contributed by atoms with Gasteiger partial charge in [0.05, 0.1) is 37.5 Å². The highest BCUT2D eigenvalue weighted by atomic mass is 16.5. The van der Waals surface area contributed by atoms with Gasteiger partial charge in [-0.15, -0.1) is 0 Å². The number of nitrogens with zero attached hydrogens (tertiary/aromatic N) is 2. The number of carbonyl (C=O) groups is 2. The number of fused-ring (bicyclic) bond motifs is 1. The molecule has 0 saturated carbocycles. The van der Waals surface area contributed by atoms with Gasteiger partial charge in [0.15, 0.2) is 0 Å². The Hall–Kier alpha value is -4.59. The molecule has 2 aliphatic heterocycles. The maximum absolute atomic E-state index is 12.1. The van der Waals surface area contributed by atoms with Crippen molar-refractivity contribution in [3.8, 4) is 17.6 Å². The molecule has 2 heterocycles. The molecule has 3 unspecified atom stereocenters. The summed E-state index contributed by atoms with van der Waals surface area (Å²) >= 11 is 0. The quantitative estimate of drug-likeness (QED) is 0.199. The predicted octanol–water partition coefficient (Wildman–Crippen LogP) is 6.31. The van der Waals surface area contributed by atoms with Crippen LogP contribution in [0.2, 0.25) is 0 Å². The molecule has 2 N–H and O–H groups in total. The first-order chi connectivity index (χ1) is 22.4. The summed E-state index contributed by atoms with van der Waals surface area (Å²) in [6.45, 7) is 2.15. The number of nitrogens with one attached hydrogen (secondary N) is 1. The number of hydrogen-bond donors (Lipinski definition) is 2. The van der Waals surface area contributed by atoms with Gasteiger partial charge in [0, 0.05) is 44.7 Å². The number of rotatable bonds is 14. The summed E-state index contributed by atoms with van der Waals surface area (Å²) < 4.78 is 23.8. The fraction of sp³-hybridized carbons (Fsp3) is 0.417. The van der Waals surface area contributed by atoms with Crippen molar-refractivity contribution in [1.82, 2.24) is 4.90 Å². The van der Waals surface area contributed by atoms with Crippen molar-refractivity contribution < 1.29 is 33.6 Å². The van der Waals surface area contributed by atoms with Gasteiger partial charge in [-0.1, -0.05) is 36.4 Å². The highest BCUT2D eigenvalue weighted by molar-refractivity contribution is 5.94. The van der Waals surface area contributed by atoms with E-state index < -0.39 is 6.09 Å². The van der Waals surface area contributed by atoms with Crippen LogP contribution in [0.25, 0.3) is 0 Å². The fourth-order valence-electron chi connectivity index (χ4n) is 6.06. The van der Waals surface area contributed by atoms with Crippen LogP contribution in [-0.2, 0) is 20.7 Å². The summed E-state index contributed by atoms with van der Waals surface area (Å²) in [4.78, 5) is 25.5. The number of likely N-dealkylation sites (tertiary alicyclic amines) is 1. The number of carboxylic acid groups (broad SMARTS) is 1. The highest BCUT2D eigenvalue weighted by Gasteiger charge is 2.35. The smallest absolute Gasteiger partial charge is 0.407 e. The normalized spacial score (nSPS) is 18.2. The number of para-hydroxylation sites is 1. The van der Waals surface area contributed by atoms with E-state index in [-0.39, 0.29) is 30.6 Å². The van der Waals surface area contributed by atoms with Crippen LogP contribution in [0.4, 0.5) is 10.5 Å². The average Bonchev–Trinajstić information content (AvgIpc) is 3.08. The summed E-state index contributed by atoms with van der Waals surface area (Å²) in [5.41, 5.74) is 4.44. The lowest BCUT2D eigenvalue weighted by Gasteiger charge is -2.39. The number of amides is 2. The lowest BCUT2D eigenvalue weighted by Crippen LogP contribution is -2.46. The Morgan fingerprint density at radius 2 is 1.85 bits per heavy atom. The van der Waals surface area contributed by atoms with E-state index in [0.29, 0.717) is 69.8 Å². The third-order valence-electron chi connectivity index (χ3n) is 8.52. The zero-order valence-corrected chi connectivity index (χ0v) is 26.2. The first-order valence-corrected chi connectivity index (χ1v) is 15.8. The minimum Gasteiger partial charge on any atom is -0.493 e. The largest absolute Gasteiger partial charge is 0.493 e. The Morgan fingerprint density at radius 3 is 2.63 bits per heavy atom. The second-order valence-electron chi connectivity index (χ2n) is 11.6. The Bertz CT molecular complexity index is 1520. The Balaban J connectivity index is 1.25. The van der Waals surface area contributed by atoms with Gasteiger partial charge < -0.3 is 34.3 Å². The van der Waals surface area contributed by atoms with E-state index in [2.05, 4.69) is 23.5 Å². The van der Waals surface area contributed by atoms with Crippen LogP contribution in [0.1, 0.15) is 66.4 Å². The zero-order valence-electron chi connectivity index (χ0n) is 26.2. The number of carbonyl (C=O) groups excluding carboxylic acids is 1. The number of ether oxygens (including phenoxy) is 4. The Labute approximate surface area is 269 Å². The van der Waals surface area contributed by atoms with E-state index >= 15 is 0 Å². The minimum atomic E-state index is -0.955. The number of nitriles is 1. The van der Waals surface area contributed by atoms with Crippen molar-refractivity contribution in [2.75, 3.05) is 45.3 Å². The van der Waals surface area contributed by atoms with Gasteiger partial charge in [-0.05, 0) is 72.7 Å². The highest BCUT2D eigenvalue weighted by Crippen LogP contribution is 2.37. The van der Waals surface area contributed by atoms with E-state index in [0.717, 1.165) is 34.5 Å². The number of hydrogen-bond acceptors (Lipinski definition) is 7. The molecule has 2 amide bonds. The predicted molar refractivity (Wildman–Crippen MR) is 172 cm³/mol. The van der Waals surface area contributed by atoms with Crippen LogP contribution in [0.15, 0.2) is 66.7 Å². The van der Waals surface area contributed by atoms with Gasteiger partial charge in [-0.2, -0.15) is 5.26 Å². The summed E-state index contributed by atoms with van der Waals surface area (Å²) in [5.74, 6) is 1.29. The third kappa shape index (κ3) is 8.56. The van der Waals surface area contributed by atoms with Crippen LogP contribution >= 0.6 is 0 Å². The van der Waals surface area contributed by atoms with Crippen molar-refractivity contribution in [2.24, 2.45) is 0 Å². The van der Waals surface area contributed by atoms with E-state index in [1.165, 1.54) is 4.90 Å². The van der Waals surface area contributed by atoms with Gasteiger partial charge >= 0.3 is 6.09 Å². The van der Waals surface area contributed by atoms with Crippen LogP contribution in [0.3, 0.4) is 0 Å². The molecule has 5 rings (SSSR count). The van der Waals surface area contributed by atoms with E-state index in [1.54, 1.807) is 25.3 Å². The molecule has 3 atom stereocenters. The molecule has 2 aliphatic rings. The topological polar surface area (TPSA) is 130 Å². The lowest BCUT2D eigenvalue weighted by atomic mass is 9.86. The van der Waals surface area contributed by atoms with E-state index in [1.807, 2.05) is 36.4 Å². The first kappa shape index (κ1) is 32.8. The van der Waals surface area contributed by atoms with Gasteiger partial charge in [-0.25, -0.2) is 4.79 Å². The molecule has 1 fully saturated rings. The molecular formula is C36H41N3O7. The minimum absolute atomic E-state index is 0.00748. The van der Waals surface area contributed by atoms with Gasteiger partial charge in [0.25, 0.3) is 0 Å². The molecule has 242 valence electrons. The van der Waals surface area contributed by atoms with Crippen LogP contribution in [0, 0.1) is 11.3 Å². The maximum atomic E-state index is 12.1. The molecule has 10 heteroatoms. The van der Waals surface area contributed by atoms with E-state index in [4.69, 9.17) is 18.9 Å². The van der Waals surface area contributed by atoms with Crippen LogP contribution in [0.5, 0.6) is 11.5 Å². The summed E-state index contributed by atoms with van der Waals surface area (Å²) in [7, 11) is 1.67. The molecule has 46 heavy (non-hydrogen) atoms. The lowest BCUT2D eigenvalue weighted by molar-refractivity contribution is -0.116. The molecule has 3 aromatic carbocycles. The van der Waals surface area contributed by atoms with Gasteiger partial charge in [0.2, 0.25) is 5.91 Å². The molecule has 3 aromatic rings. The Kier molecular flexibility index (Phi) is 11.5. The molecule has 0 radical (unpaired) electrons. The number of piperidine rings is 1. The van der Waals surface area contributed by atoms with Gasteiger partial charge in [0.1, 0.15) is 17.6 Å². The SMILES string of the molecule is COCCCC(OC1CN(C(=O)O)CCC1c1ccc(OCCCOc2ccccc2C#N)cc1)c1ccc2c(c1)NC(=O)CC2. The first-order valence-electron chi connectivity index (χ1n) is 15.8. The molecule has 0 spiro atoms. The van der Waals surface area contributed by atoms with Crippen molar-refractivity contribution in [3.63, 3.8) is 0 Å². The van der Waals surface area contributed by atoms with Crippen molar-refractivity contribution in [2.45, 2.75) is 56.7 Å². The van der Waals surface area contributed by atoms with E-state index in [9.17, 15) is 20.0 Å². The third-order valence-corrected chi connectivity index (χ3v) is 8.52. The van der Waals surface area contributed by atoms with Crippen molar-refractivity contribution in [1.29, 1.82) is 5.26 Å². The zero-order chi connectivity index (χ0) is 32.3. The molecule has 10 nitrogen and oxygen atoms in total. The van der Waals surface area contributed by atoms with Crippen molar-refractivity contribution >= 4 is 17.7 Å².